The minimum atomic E-state index is 0.549. The van der Waals surface area contributed by atoms with Crippen LogP contribution < -0.4 is 10.1 Å². The van der Waals surface area contributed by atoms with Crippen LogP contribution >= 0.6 is 11.8 Å². The Hall–Kier alpha value is -0.670. The topological polar surface area (TPSA) is 21.3 Å². The van der Waals surface area contributed by atoms with E-state index < -0.39 is 0 Å². The summed E-state index contributed by atoms with van der Waals surface area (Å²) >= 11 is 1.88. The Morgan fingerprint density at radius 2 is 2.00 bits per heavy atom. The highest BCUT2D eigenvalue weighted by atomic mass is 32.2. The number of ether oxygens (including phenoxy) is 1. The van der Waals surface area contributed by atoms with Crippen molar-refractivity contribution in [3.63, 3.8) is 0 Å². The maximum atomic E-state index is 5.14. The fourth-order valence-corrected chi connectivity index (χ4v) is 1.89. The van der Waals surface area contributed by atoms with Gasteiger partial charge in [0.15, 0.2) is 0 Å². The Kier molecular flexibility index (Phi) is 6.34. The van der Waals surface area contributed by atoms with Crippen LogP contribution in [0.2, 0.25) is 0 Å². The van der Waals surface area contributed by atoms with E-state index in [1.165, 1.54) is 11.3 Å². The van der Waals surface area contributed by atoms with Crippen molar-refractivity contribution >= 4 is 11.8 Å². The molecule has 0 aromatic heterocycles. The van der Waals surface area contributed by atoms with Crippen molar-refractivity contribution in [1.82, 2.24) is 5.32 Å². The predicted octanol–water partition coefficient (Wildman–Crippen LogP) is 2.75. The Labute approximate surface area is 103 Å². The van der Waals surface area contributed by atoms with E-state index in [-0.39, 0.29) is 0 Å². The van der Waals surface area contributed by atoms with Gasteiger partial charge in [-0.3, -0.25) is 0 Å². The van der Waals surface area contributed by atoms with Crippen LogP contribution in [0.1, 0.15) is 18.4 Å². The molecule has 0 heterocycles. The molecule has 1 rings (SSSR count). The molecule has 0 bridgehead atoms. The highest BCUT2D eigenvalue weighted by Gasteiger charge is 2.04. The van der Waals surface area contributed by atoms with Crippen LogP contribution in [-0.4, -0.2) is 32.2 Å². The van der Waals surface area contributed by atoms with Gasteiger partial charge in [-0.05, 0) is 29.9 Å². The summed E-state index contributed by atoms with van der Waals surface area (Å²) in [6, 6.07) is 8.32. The van der Waals surface area contributed by atoms with Crippen molar-refractivity contribution < 1.29 is 4.74 Å². The quantitative estimate of drug-likeness (QED) is 0.739. The number of thioether (sulfide) groups is 1. The van der Waals surface area contributed by atoms with E-state index in [0.717, 1.165) is 18.8 Å². The second kappa shape index (κ2) is 7.58. The smallest absolute Gasteiger partial charge is 0.118 e. The average molecular weight is 239 g/mol. The SMILES string of the molecule is COc1ccc(C(C)CNCCSC)cc1. The molecule has 90 valence electrons. The summed E-state index contributed by atoms with van der Waals surface area (Å²) in [5, 5.41) is 3.46. The Morgan fingerprint density at radius 1 is 1.31 bits per heavy atom. The van der Waals surface area contributed by atoms with Crippen LogP contribution in [0.25, 0.3) is 0 Å². The zero-order chi connectivity index (χ0) is 11.8. The maximum absolute atomic E-state index is 5.14. The fraction of sp³-hybridized carbons (Fsp3) is 0.538. The minimum Gasteiger partial charge on any atom is -0.497 e. The summed E-state index contributed by atoms with van der Waals surface area (Å²) < 4.78 is 5.14. The van der Waals surface area contributed by atoms with E-state index >= 15 is 0 Å². The van der Waals surface area contributed by atoms with Gasteiger partial charge >= 0.3 is 0 Å². The third-order valence-electron chi connectivity index (χ3n) is 2.62. The molecule has 0 amide bonds. The molecule has 1 aromatic rings. The maximum Gasteiger partial charge on any atom is 0.118 e. The molecule has 0 aliphatic rings. The summed E-state index contributed by atoms with van der Waals surface area (Å²) in [5.41, 5.74) is 1.36. The predicted molar refractivity (Wildman–Crippen MR) is 72.7 cm³/mol. The number of hydrogen-bond acceptors (Lipinski definition) is 3. The first-order chi connectivity index (χ1) is 7.77. The van der Waals surface area contributed by atoms with Crippen LogP contribution in [0.4, 0.5) is 0 Å². The van der Waals surface area contributed by atoms with Gasteiger partial charge in [0.2, 0.25) is 0 Å². The van der Waals surface area contributed by atoms with Gasteiger partial charge in [0, 0.05) is 18.8 Å². The van der Waals surface area contributed by atoms with E-state index in [1.54, 1.807) is 7.11 Å². The number of benzene rings is 1. The highest BCUT2D eigenvalue weighted by Crippen LogP contribution is 2.18. The summed E-state index contributed by atoms with van der Waals surface area (Å²) in [6.45, 7) is 4.36. The molecule has 16 heavy (non-hydrogen) atoms. The molecule has 0 aliphatic heterocycles. The van der Waals surface area contributed by atoms with Crippen molar-refractivity contribution in [2.24, 2.45) is 0 Å². The van der Waals surface area contributed by atoms with Gasteiger partial charge < -0.3 is 10.1 Å². The molecule has 0 radical (unpaired) electrons. The van der Waals surface area contributed by atoms with E-state index in [9.17, 15) is 0 Å². The summed E-state index contributed by atoms with van der Waals surface area (Å²) in [7, 11) is 1.70. The highest BCUT2D eigenvalue weighted by molar-refractivity contribution is 7.98. The van der Waals surface area contributed by atoms with Gasteiger partial charge in [0.25, 0.3) is 0 Å². The van der Waals surface area contributed by atoms with Crippen molar-refractivity contribution in [3.8, 4) is 5.75 Å². The molecule has 1 unspecified atom stereocenters. The standard InChI is InChI=1S/C13H21NOS/c1-11(10-14-8-9-16-3)12-4-6-13(15-2)7-5-12/h4-7,11,14H,8-10H2,1-3H3. The summed E-state index contributed by atoms with van der Waals surface area (Å²) in [4.78, 5) is 0. The molecule has 1 atom stereocenters. The van der Waals surface area contributed by atoms with Gasteiger partial charge in [-0.25, -0.2) is 0 Å². The van der Waals surface area contributed by atoms with Crippen LogP contribution in [0.3, 0.4) is 0 Å². The lowest BCUT2D eigenvalue weighted by Crippen LogP contribution is -2.22. The molecule has 0 saturated heterocycles. The Bertz CT molecular complexity index is 286. The average Bonchev–Trinajstić information content (AvgIpc) is 2.34. The molecule has 1 N–H and O–H groups in total. The number of hydrogen-bond donors (Lipinski definition) is 1. The fourth-order valence-electron chi connectivity index (χ4n) is 1.54. The molecule has 0 spiro atoms. The lowest BCUT2D eigenvalue weighted by molar-refractivity contribution is 0.414. The molecule has 3 heteroatoms. The van der Waals surface area contributed by atoms with Crippen LogP contribution in [0, 0.1) is 0 Å². The first-order valence-electron chi connectivity index (χ1n) is 5.61. The molecule has 2 nitrogen and oxygen atoms in total. The van der Waals surface area contributed by atoms with Crippen LogP contribution in [-0.2, 0) is 0 Å². The van der Waals surface area contributed by atoms with E-state index in [1.807, 2.05) is 23.9 Å². The monoisotopic (exact) mass is 239 g/mol. The van der Waals surface area contributed by atoms with Crippen LogP contribution in [0.5, 0.6) is 5.75 Å². The van der Waals surface area contributed by atoms with Crippen molar-refractivity contribution in [3.05, 3.63) is 29.8 Å². The lowest BCUT2D eigenvalue weighted by atomic mass is 10.0. The molecular formula is C13H21NOS. The molecule has 0 aliphatic carbocycles. The minimum absolute atomic E-state index is 0.549. The molecule has 0 fully saturated rings. The van der Waals surface area contributed by atoms with Crippen molar-refractivity contribution in [2.45, 2.75) is 12.8 Å². The van der Waals surface area contributed by atoms with Gasteiger partial charge in [-0.1, -0.05) is 19.1 Å². The van der Waals surface area contributed by atoms with Crippen molar-refractivity contribution in [1.29, 1.82) is 0 Å². The number of rotatable bonds is 7. The van der Waals surface area contributed by atoms with E-state index in [0.29, 0.717) is 5.92 Å². The van der Waals surface area contributed by atoms with Crippen LogP contribution in [0.15, 0.2) is 24.3 Å². The zero-order valence-electron chi connectivity index (χ0n) is 10.3. The van der Waals surface area contributed by atoms with Gasteiger partial charge in [-0.2, -0.15) is 11.8 Å². The molecule has 1 aromatic carbocycles. The van der Waals surface area contributed by atoms with Gasteiger partial charge in [0.1, 0.15) is 5.75 Å². The first kappa shape index (κ1) is 13.4. The lowest BCUT2D eigenvalue weighted by Gasteiger charge is -2.13. The summed E-state index contributed by atoms with van der Waals surface area (Å²) in [5.74, 6) is 2.65. The van der Waals surface area contributed by atoms with E-state index in [2.05, 4.69) is 30.6 Å². The molecule has 0 saturated carbocycles. The molecular weight excluding hydrogens is 218 g/mol. The zero-order valence-corrected chi connectivity index (χ0v) is 11.1. The summed E-state index contributed by atoms with van der Waals surface area (Å²) in [6.07, 6.45) is 2.13. The Balaban J connectivity index is 2.37. The number of methoxy groups -OCH3 is 1. The first-order valence-corrected chi connectivity index (χ1v) is 7.01. The second-order valence-electron chi connectivity index (χ2n) is 3.87. The number of nitrogens with one attached hydrogen (secondary N) is 1. The third-order valence-corrected chi connectivity index (χ3v) is 3.23. The van der Waals surface area contributed by atoms with Crippen molar-refractivity contribution in [2.75, 3.05) is 32.2 Å². The normalized spacial score (nSPS) is 12.4. The van der Waals surface area contributed by atoms with Gasteiger partial charge in [-0.15, -0.1) is 0 Å². The largest absolute Gasteiger partial charge is 0.497 e. The van der Waals surface area contributed by atoms with E-state index in [4.69, 9.17) is 4.74 Å². The Morgan fingerprint density at radius 3 is 2.56 bits per heavy atom. The second-order valence-corrected chi connectivity index (χ2v) is 4.86. The van der Waals surface area contributed by atoms with Gasteiger partial charge in [0.05, 0.1) is 7.11 Å². The third kappa shape index (κ3) is 4.45.